The Morgan fingerprint density at radius 3 is 2.53 bits per heavy atom. The molecule has 1 aliphatic heterocycles. The van der Waals surface area contributed by atoms with Crippen LogP contribution in [-0.2, 0) is 11.2 Å². The minimum Gasteiger partial charge on any atom is -0.376 e. The number of likely N-dealkylation sites (N-methyl/N-ethyl adjacent to an activating group) is 1. The summed E-state index contributed by atoms with van der Waals surface area (Å²) in [6, 6.07) is 7.00. The van der Waals surface area contributed by atoms with Crippen LogP contribution in [0.2, 0.25) is 0 Å². The summed E-state index contributed by atoms with van der Waals surface area (Å²) in [5.74, 6) is 0.661. The number of ether oxygens (including phenoxy) is 1. The van der Waals surface area contributed by atoms with Gasteiger partial charge >= 0.3 is 0 Å². The smallest absolute Gasteiger partial charge is 0.0757 e. The van der Waals surface area contributed by atoms with Gasteiger partial charge in [0.15, 0.2) is 0 Å². The van der Waals surface area contributed by atoms with E-state index in [9.17, 15) is 0 Å². The third-order valence-corrected chi connectivity index (χ3v) is 4.38. The van der Waals surface area contributed by atoms with E-state index >= 15 is 0 Å². The molecule has 0 bridgehead atoms. The predicted octanol–water partition coefficient (Wildman–Crippen LogP) is 3.25. The number of aryl methyl sites for hydroxylation is 2. The predicted molar refractivity (Wildman–Crippen MR) is 80.6 cm³/mol. The van der Waals surface area contributed by atoms with Crippen molar-refractivity contribution >= 4 is 0 Å². The van der Waals surface area contributed by atoms with Gasteiger partial charge in [-0.1, -0.05) is 32.0 Å². The molecule has 0 aliphatic carbocycles. The van der Waals surface area contributed by atoms with Crippen molar-refractivity contribution in [2.24, 2.45) is 5.92 Å². The first-order valence-corrected chi connectivity index (χ1v) is 7.53. The molecule has 2 heteroatoms. The Labute approximate surface area is 117 Å². The normalized spacial score (nSPS) is 24.6. The quantitative estimate of drug-likeness (QED) is 0.878. The maximum absolute atomic E-state index is 5.97. The van der Waals surface area contributed by atoms with Crippen molar-refractivity contribution in [3.8, 4) is 0 Å². The fraction of sp³-hybridized carbons (Fsp3) is 0.647. The molecule has 0 spiro atoms. The zero-order valence-corrected chi connectivity index (χ0v) is 12.7. The Morgan fingerprint density at radius 1 is 1.32 bits per heavy atom. The van der Waals surface area contributed by atoms with Crippen LogP contribution in [0, 0.1) is 19.8 Å². The van der Waals surface area contributed by atoms with E-state index in [-0.39, 0.29) is 0 Å². The zero-order chi connectivity index (χ0) is 13.8. The second-order valence-electron chi connectivity index (χ2n) is 5.84. The molecule has 1 aromatic rings. The van der Waals surface area contributed by atoms with Crippen LogP contribution in [0.25, 0.3) is 0 Å². The van der Waals surface area contributed by atoms with Crippen LogP contribution < -0.4 is 5.32 Å². The van der Waals surface area contributed by atoms with Gasteiger partial charge in [-0.05, 0) is 55.8 Å². The first kappa shape index (κ1) is 14.5. The lowest BCUT2D eigenvalue weighted by atomic mass is 9.89. The Hall–Kier alpha value is -0.860. The Balaban J connectivity index is 2.16. The molecule has 1 heterocycles. The molecule has 0 amide bonds. The lowest BCUT2D eigenvalue weighted by molar-refractivity contribution is 0.0614. The molecule has 0 radical (unpaired) electrons. The van der Waals surface area contributed by atoms with E-state index in [2.05, 4.69) is 51.2 Å². The average Bonchev–Trinajstić information content (AvgIpc) is 2.79. The first-order chi connectivity index (χ1) is 9.13. The SMILES string of the molecule is CCNC(Cc1c(C)cccc1C)C1OCCC1C. The summed E-state index contributed by atoms with van der Waals surface area (Å²) in [4.78, 5) is 0. The van der Waals surface area contributed by atoms with E-state index < -0.39 is 0 Å². The van der Waals surface area contributed by atoms with Gasteiger partial charge in [0.25, 0.3) is 0 Å². The molecule has 3 atom stereocenters. The standard InChI is InChI=1S/C17H27NO/c1-5-18-16(17-14(4)9-10-19-17)11-15-12(2)7-6-8-13(15)3/h6-8,14,16-18H,5,9-11H2,1-4H3. The molecule has 1 aliphatic rings. The number of hydrogen-bond donors (Lipinski definition) is 1. The molecule has 3 unspecified atom stereocenters. The van der Waals surface area contributed by atoms with Gasteiger partial charge < -0.3 is 10.1 Å². The summed E-state index contributed by atoms with van der Waals surface area (Å²) in [5.41, 5.74) is 4.28. The van der Waals surface area contributed by atoms with Crippen molar-refractivity contribution in [1.29, 1.82) is 0 Å². The van der Waals surface area contributed by atoms with Gasteiger partial charge in [0.1, 0.15) is 0 Å². The van der Waals surface area contributed by atoms with Gasteiger partial charge in [-0.3, -0.25) is 0 Å². The second kappa shape index (κ2) is 6.53. The highest BCUT2D eigenvalue weighted by atomic mass is 16.5. The van der Waals surface area contributed by atoms with Crippen molar-refractivity contribution in [2.75, 3.05) is 13.2 Å². The largest absolute Gasteiger partial charge is 0.376 e. The molecular formula is C17H27NO. The van der Waals surface area contributed by atoms with Gasteiger partial charge in [-0.15, -0.1) is 0 Å². The van der Waals surface area contributed by atoms with E-state index in [0.29, 0.717) is 18.1 Å². The Morgan fingerprint density at radius 2 is 2.00 bits per heavy atom. The number of benzene rings is 1. The molecular weight excluding hydrogens is 234 g/mol. The molecule has 2 rings (SSSR count). The minimum absolute atomic E-state index is 0.360. The maximum Gasteiger partial charge on any atom is 0.0757 e. The van der Waals surface area contributed by atoms with Gasteiger partial charge in [0.2, 0.25) is 0 Å². The van der Waals surface area contributed by atoms with Crippen molar-refractivity contribution in [2.45, 2.75) is 52.7 Å². The molecule has 0 aromatic heterocycles. The van der Waals surface area contributed by atoms with Crippen molar-refractivity contribution < 1.29 is 4.74 Å². The van der Waals surface area contributed by atoms with Crippen LogP contribution >= 0.6 is 0 Å². The lowest BCUT2D eigenvalue weighted by Gasteiger charge is -2.28. The van der Waals surface area contributed by atoms with Crippen LogP contribution in [0.5, 0.6) is 0 Å². The molecule has 1 aromatic carbocycles. The minimum atomic E-state index is 0.360. The highest BCUT2D eigenvalue weighted by Crippen LogP contribution is 2.26. The molecule has 2 nitrogen and oxygen atoms in total. The third-order valence-electron chi connectivity index (χ3n) is 4.38. The highest BCUT2D eigenvalue weighted by Gasteiger charge is 2.32. The summed E-state index contributed by atoms with van der Waals surface area (Å²) in [6.45, 7) is 10.8. The van der Waals surface area contributed by atoms with Crippen LogP contribution in [0.3, 0.4) is 0 Å². The number of nitrogens with one attached hydrogen (secondary N) is 1. The van der Waals surface area contributed by atoms with E-state index in [1.807, 2.05) is 0 Å². The molecule has 1 saturated heterocycles. The zero-order valence-electron chi connectivity index (χ0n) is 12.7. The van der Waals surface area contributed by atoms with Crippen LogP contribution in [-0.4, -0.2) is 25.3 Å². The molecule has 1 N–H and O–H groups in total. The number of rotatable bonds is 5. The topological polar surface area (TPSA) is 21.3 Å². The number of hydrogen-bond acceptors (Lipinski definition) is 2. The van der Waals surface area contributed by atoms with Gasteiger partial charge in [-0.25, -0.2) is 0 Å². The van der Waals surface area contributed by atoms with Gasteiger partial charge in [0.05, 0.1) is 6.10 Å². The Kier molecular flexibility index (Phi) is 5.00. The monoisotopic (exact) mass is 261 g/mol. The fourth-order valence-electron chi connectivity index (χ4n) is 3.19. The molecule has 1 fully saturated rings. The summed E-state index contributed by atoms with van der Waals surface area (Å²) >= 11 is 0. The van der Waals surface area contributed by atoms with Crippen molar-refractivity contribution in [3.63, 3.8) is 0 Å². The molecule has 106 valence electrons. The average molecular weight is 261 g/mol. The lowest BCUT2D eigenvalue weighted by Crippen LogP contribution is -2.44. The van der Waals surface area contributed by atoms with Crippen LogP contribution in [0.1, 0.15) is 37.0 Å². The molecule has 0 saturated carbocycles. The van der Waals surface area contributed by atoms with E-state index in [4.69, 9.17) is 4.74 Å². The second-order valence-corrected chi connectivity index (χ2v) is 5.84. The molecule has 19 heavy (non-hydrogen) atoms. The van der Waals surface area contributed by atoms with Gasteiger partial charge in [0, 0.05) is 12.6 Å². The summed E-state index contributed by atoms with van der Waals surface area (Å²) < 4.78 is 5.97. The van der Waals surface area contributed by atoms with Crippen LogP contribution in [0.4, 0.5) is 0 Å². The summed E-state index contributed by atoms with van der Waals surface area (Å²) in [6.07, 6.45) is 2.62. The Bertz CT molecular complexity index is 395. The van der Waals surface area contributed by atoms with Crippen molar-refractivity contribution in [3.05, 3.63) is 34.9 Å². The first-order valence-electron chi connectivity index (χ1n) is 7.53. The van der Waals surface area contributed by atoms with E-state index in [0.717, 1.165) is 19.6 Å². The van der Waals surface area contributed by atoms with Crippen molar-refractivity contribution in [1.82, 2.24) is 5.32 Å². The third kappa shape index (κ3) is 3.37. The fourth-order valence-corrected chi connectivity index (χ4v) is 3.19. The maximum atomic E-state index is 5.97. The van der Waals surface area contributed by atoms with E-state index in [1.54, 1.807) is 0 Å². The summed E-state index contributed by atoms with van der Waals surface area (Å²) in [7, 11) is 0. The highest BCUT2D eigenvalue weighted by molar-refractivity contribution is 5.34. The summed E-state index contributed by atoms with van der Waals surface area (Å²) in [5, 5.41) is 3.63. The van der Waals surface area contributed by atoms with Crippen LogP contribution in [0.15, 0.2) is 18.2 Å². The van der Waals surface area contributed by atoms with Gasteiger partial charge in [-0.2, -0.15) is 0 Å². The van der Waals surface area contributed by atoms with E-state index in [1.165, 1.54) is 23.1 Å².